The van der Waals surface area contributed by atoms with Crippen LogP contribution in [0.2, 0.25) is 0 Å². The van der Waals surface area contributed by atoms with Gasteiger partial charge in [0.25, 0.3) is 0 Å². The fourth-order valence-corrected chi connectivity index (χ4v) is 2.43. The van der Waals surface area contributed by atoms with Gasteiger partial charge in [0.1, 0.15) is 0 Å². The molecule has 0 saturated heterocycles. The number of benzene rings is 1. The molecule has 0 atom stereocenters. The van der Waals surface area contributed by atoms with Gasteiger partial charge >= 0.3 is 5.97 Å². The van der Waals surface area contributed by atoms with Gasteiger partial charge in [-0.15, -0.1) is 11.8 Å². The number of ether oxygens (including phenoxy) is 1. The van der Waals surface area contributed by atoms with Crippen molar-refractivity contribution in [3.05, 3.63) is 29.8 Å². The molecular weight excluding hydrogens is 284 g/mol. The van der Waals surface area contributed by atoms with Crippen molar-refractivity contribution in [1.29, 1.82) is 0 Å². The highest BCUT2D eigenvalue weighted by Gasteiger charge is 2.07. The van der Waals surface area contributed by atoms with Gasteiger partial charge in [-0.25, -0.2) is 0 Å². The Morgan fingerprint density at radius 3 is 2.33 bits per heavy atom. The van der Waals surface area contributed by atoms with Gasteiger partial charge in [0.05, 0.1) is 12.4 Å². The molecule has 0 bridgehead atoms. The number of thioether (sulfide) groups is 1. The average molecular weight is 308 g/mol. The van der Waals surface area contributed by atoms with E-state index >= 15 is 0 Å². The molecule has 0 saturated carbocycles. The summed E-state index contributed by atoms with van der Waals surface area (Å²) in [4.78, 5) is 24.3. The van der Waals surface area contributed by atoms with Gasteiger partial charge in [0.15, 0.2) is 5.78 Å². The quantitative estimate of drug-likeness (QED) is 0.276. The Balaban J connectivity index is 2.37. The van der Waals surface area contributed by atoms with Crippen molar-refractivity contribution in [2.75, 3.05) is 12.4 Å². The van der Waals surface area contributed by atoms with Gasteiger partial charge in [-0.3, -0.25) is 9.59 Å². The van der Waals surface area contributed by atoms with E-state index in [4.69, 9.17) is 4.74 Å². The molecule has 1 aromatic rings. The number of ketones is 1. The van der Waals surface area contributed by atoms with Gasteiger partial charge in [0.2, 0.25) is 0 Å². The van der Waals surface area contributed by atoms with Crippen molar-refractivity contribution in [3.8, 4) is 0 Å². The number of esters is 1. The summed E-state index contributed by atoms with van der Waals surface area (Å²) in [6.07, 6.45) is 4.49. The molecule has 21 heavy (non-hydrogen) atoms. The Morgan fingerprint density at radius 1 is 1.05 bits per heavy atom. The van der Waals surface area contributed by atoms with Crippen LogP contribution in [0.1, 0.15) is 56.3 Å². The SMILES string of the molecule is CCCCOC(=O)CSc1ccc(C(=O)CCCC)cc1. The molecule has 0 aliphatic rings. The molecule has 0 heterocycles. The summed E-state index contributed by atoms with van der Waals surface area (Å²) >= 11 is 1.44. The van der Waals surface area contributed by atoms with Crippen LogP contribution in [0.4, 0.5) is 0 Å². The first-order chi connectivity index (χ1) is 10.2. The Hall–Kier alpha value is -1.29. The predicted octanol–water partition coefficient (Wildman–Crippen LogP) is 4.49. The van der Waals surface area contributed by atoms with Crippen molar-refractivity contribution in [2.45, 2.75) is 50.8 Å². The van der Waals surface area contributed by atoms with Crippen LogP contribution < -0.4 is 0 Å². The van der Waals surface area contributed by atoms with Crippen LogP contribution in [0.5, 0.6) is 0 Å². The van der Waals surface area contributed by atoms with Gasteiger partial charge in [-0.2, -0.15) is 0 Å². The molecule has 116 valence electrons. The lowest BCUT2D eigenvalue weighted by molar-refractivity contribution is -0.140. The molecule has 0 radical (unpaired) electrons. The van der Waals surface area contributed by atoms with E-state index in [-0.39, 0.29) is 11.8 Å². The van der Waals surface area contributed by atoms with Crippen LogP contribution in [-0.4, -0.2) is 24.1 Å². The molecule has 0 fully saturated rings. The number of Topliss-reactive ketones (excluding diaryl/α,β-unsaturated/α-hetero) is 1. The van der Waals surface area contributed by atoms with Crippen molar-refractivity contribution in [1.82, 2.24) is 0 Å². The van der Waals surface area contributed by atoms with Crippen LogP contribution in [0, 0.1) is 0 Å². The summed E-state index contributed by atoms with van der Waals surface area (Å²) < 4.78 is 5.10. The van der Waals surface area contributed by atoms with Crippen molar-refractivity contribution in [3.63, 3.8) is 0 Å². The second-order valence-corrected chi connectivity index (χ2v) is 5.96. The standard InChI is InChI=1S/C17H24O3S/c1-3-5-7-16(18)14-8-10-15(11-9-14)21-13-17(19)20-12-6-4-2/h8-11H,3-7,12-13H2,1-2H3. The number of hydrogen-bond donors (Lipinski definition) is 0. The van der Waals surface area contributed by atoms with Crippen LogP contribution in [0.25, 0.3) is 0 Å². The highest BCUT2D eigenvalue weighted by Crippen LogP contribution is 2.19. The summed E-state index contributed by atoms with van der Waals surface area (Å²) in [6, 6.07) is 7.46. The highest BCUT2D eigenvalue weighted by atomic mass is 32.2. The topological polar surface area (TPSA) is 43.4 Å². The van der Waals surface area contributed by atoms with Gasteiger partial charge in [-0.1, -0.05) is 38.8 Å². The summed E-state index contributed by atoms with van der Waals surface area (Å²) in [6.45, 7) is 4.64. The predicted molar refractivity (Wildman–Crippen MR) is 86.9 cm³/mol. The van der Waals surface area contributed by atoms with Gasteiger partial charge in [0, 0.05) is 16.9 Å². The average Bonchev–Trinajstić information content (AvgIpc) is 2.51. The maximum atomic E-state index is 11.8. The van der Waals surface area contributed by atoms with Gasteiger partial charge < -0.3 is 4.74 Å². The molecule has 1 aromatic carbocycles. The van der Waals surface area contributed by atoms with Gasteiger partial charge in [-0.05, 0) is 25.0 Å². The Morgan fingerprint density at radius 2 is 1.71 bits per heavy atom. The Labute approximate surface area is 131 Å². The fraction of sp³-hybridized carbons (Fsp3) is 0.529. The largest absolute Gasteiger partial charge is 0.465 e. The van der Waals surface area contributed by atoms with E-state index in [0.29, 0.717) is 18.8 Å². The monoisotopic (exact) mass is 308 g/mol. The summed E-state index contributed by atoms with van der Waals surface area (Å²) in [5, 5.41) is 0. The molecule has 0 unspecified atom stereocenters. The molecule has 1 rings (SSSR count). The first kappa shape index (κ1) is 17.8. The smallest absolute Gasteiger partial charge is 0.316 e. The van der Waals surface area contributed by atoms with Crippen molar-refractivity contribution >= 4 is 23.5 Å². The maximum Gasteiger partial charge on any atom is 0.316 e. The number of rotatable bonds is 10. The van der Waals surface area contributed by atoms with Crippen LogP contribution in [0.15, 0.2) is 29.2 Å². The summed E-state index contributed by atoms with van der Waals surface area (Å²) in [5.74, 6) is 0.316. The maximum absolute atomic E-state index is 11.8. The lowest BCUT2D eigenvalue weighted by Crippen LogP contribution is -2.08. The van der Waals surface area contributed by atoms with E-state index in [1.807, 2.05) is 24.3 Å². The molecule has 0 spiro atoms. The lowest BCUT2D eigenvalue weighted by atomic mass is 10.1. The van der Waals surface area contributed by atoms with Crippen molar-refractivity contribution < 1.29 is 14.3 Å². The molecule has 0 aromatic heterocycles. The van der Waals surface area contributed by atoms with E-state index in [0.717, 1.165) is 36.1 Å². The zero-order valence-corrected chi connectivity index (χ0v) is 13.7. The number of carbonyl (C=O) groups excluding carboxylic acids is 2. The first-order valence-electron chi connectivity index (χ1n) is 7.59. The Kier molecular flexibility index (Phi) is 8.83. The molecule has 4 heteroatoms. The van der Waals surface area contributed by atoms with E-state index in [1.165, 1.54) is 11.8 Å². The second kappa shape index (κ2) is 10.4. The number of carbonyl (C=O) groups is 2. The van der Waals surface area contributed by atoms with Crippen molar-refractivity contribution in [2.24, 2.45) is 0 Å². The lowest BCUT2D eigenvalue weighted by Gasteiger charge is -2.05. The minimum absolute atomic E-state index is 0.184. The van der Waals surface area contributed by atoms with E-state index in [9.17, 15) is 9.59 Å². The third kappa shape index (κ3) is 7.32. The van der Waals surface area contributed by atoms with E-state index in [1.54, 1.807) is 0 Å². The minimum atomic E-state index is -0.184. The zero-order valence-electron chi connectivity index (χ0n) is 12.9. The van der Waals surface area contributed by atoms with E-state index in [2.05, 4.69) is 13.8 Å². The molecular formula is C17H24O3S. The number of unbranched alkanes of at least 4 members (excludes halogenated alkanes) is 2. The normalized spacial score (nSPS) is 10.4. The summed E-state index contributed by atoms with van der Waals surface area (Å²) in [7, 11) is 0. The fourth-order valence-electron chi connectivity index (χ4n) is 1.73. The third-order valence-electron chi connectivity index (χ3n) is 3.05. The summed E-state index contributed by atoms with van der Waals surface area (Å²) in [5.41, 5.74) is 0.748. The number of hydrogen-bond acceptors (Lipinski definition) is 4. The minimum Gasteiger partial charge on any atom is -0.465 e. The second-order valence-electron chi connectivity index (χ2n) is 4.91. The van der Waals surface area contributed by atoms with Crippen LogP contribution >= 0.6 is 11.8 Å². The molecule has 0 N–H and O–H groups in total. The van der Waals surface area contributed by atoms with E-state index < -0.39 is 0 Å². The van der Waals surface area contributed by atoms with Crippen LogP contribution in [0.3, 0.4) is 0 Å². The molecule has 0 aliphatic carbocycles. The van der Waals surface area contributed by atoms with Crippen LogP contribution in [-0.2, 0) is 9.53 Å². The molecule has 3 nitrogen and oxygen atoms in total. The molecule has 0 amide bonds. The Bertz CT molecular complexity index is 440. The zero-order chi connectivity index (χ0) is 15.5. The first-order valence-corrected chi connectivity index (χ1v) is 8.57. The molecule has 0 aliphatic heterocycles. The highest BCUT2D eigenvalue weighted by molar-refractivity contribution is 8.00. The third-order valence-corrected chi connectivity index (χ3v) is 4.04.